The summed E-state index contributed by atoms with van der Waals surface area (Å²) in [5, 5.41) is 0. The molecule has 0 aliphatic heterocycles. The highest BCUT2D eigenvalue weighted by Crippen LogP contribution is 2.35. The van der Waals surface area contributed by atoms with E-state index in [0.29, 0.717) is 17.7 Å². The Morgan fingerprint density at radius 3 is 2.50 bits per heavy atom. The molecule has 1 fully saturated rings. The standard InChI is InChI=1S/C15H26N4O/c1-10(2)12-9-13(19-16)18-15(17-12)14(20-3)11-7-5-4-6-8-11/h9-11,14H,4-8,16H2,1-3H3,(H,17,18,19). The molecule has 2 rings (SSSR count). The fourth-order valence-corrected chi connectivity index (χ4v) is 2.93. The van der Waals surface area contributed by atoms with Crippen molar-refractivity contribution in [2.75, 3.05) is 12.5 Å². The maximum Gasteiger partial charge on any atom is 0.160 e. The van der Waals surface area contributed by atoms with Gasteiger partial charge in [-0.15, -0.1) is 0 Å². The first-order valence-corrected chi connectivity index (χ1v) is 7.54. The number of nitrogen functional groups attached to an aromatic ring is 1. The number of nitrogens with zero attached hydrogens (tertiary/aromatic N) is 2. The van der Waals surface area contributed by atoms with Crippen LogP contribution in [-0.2, 0) is 4.74 Å². The van der Waals surface area contributed by atoms with Gasteiger partial charge in [0.15, 0.2) is 5.82 Å². The molecular formula is C15H26N4O. The van der Waals surface area contributed by atoms with Crippen LogP contribution >= 0.6 is 0 Å². The third-order valence-corrected chi connectivity index (χ3v) is 4.09. The summed E-state index contributed by atoms with van der Waals surface area (Å²) in [6.07, 6.45) is 6.24. The number of hydrazine groups is 1. The van der Waals surface area contributed by atoms with E-state index < -0.39 is 0 Å². The van der Waals surface area contributed by atoms with Crippen molar-refractivity contribution in [3.05, 3.63) is 17.6 Å². The first-order chi connectivity index (χ1) is 9.65. The van der Waals surface area contributed by atoms with Crippen molar-refractivity contribution in [2.45, 2.75) is 58.0 Å². The molecule has 5 nitrogen and oxygen atoms in total. The van der Waals surface area contributed by atoms with E-state index in [9.17, 15) is 0 Å². The summed E-state index contributed by atoms with van der Waals surface area (Å²) >= 11 is 0. The highest BCUT2D eigenvalue weighted by Gasteiger charge is 2.28. The average molecular weight is 278 g/mol. The molecule has 1 heterocycles. The minimum Gasteiger partial charge on any atom is -0.373 e. The average Bonchev–Trinajstić information content (AvgIpc) is 2.48. The van der Waals surface area contributed by atoms with E-state index in [1.165, 1.54) is 32.1 Å². The molecule has 0 amide bonds. The predicted octanol–water partition coefficient (Wildman–Crippen LogP) is 3.15. The highest BCUT2D eigenvalue weighted by molar-refractivity contribution is 5.35. The Labute approximate surface area is 121 Å². The number of ether oxygens (including phenoxy) is 1. The van der Waals surface area contributed by atoms with Gasteiger partial charge in [0.1, 0.15) is 11.9 Å². The Hall–Kier alpha value is -1.20. The Kier molecular flexibility index (Phi) is 5.31. The number of nitrogens with two attached hydrogens (primary N) is 1. The van der Waals surface area contributed by atoms with Gasteiger partial charge in [-0.1, -0.05) is 33.1 Å². The molecule has 1 saturated carbocycles. The first kappa shape index (κ1) is 15.2. The van der Waals surface area contributed by atoms with Crippen LogP contribution in [0.15, 0.2) is 6.07 Å². The Morgan fingerprint density at radius 1 is 1.25 bits per heavy atom. The second kappa shape index (κ2) is 6.99. The van der Waals surface area contributed by atoms with Gasteiger partial charge in [-0.2, -0.15) is 0 Å². The van der Waals surface area contributed by atoms with Gasteiger partial charge in [-0.3, -0.25) is 0 Å². The zero-order valence-electron chi connectivity index (χ0n) is 12.7. The summed E-state index contributed by atoms with van der Waals surface area (Å²) in [6.45, 7) is 4.24. The maximum absolute atomic E-state index is 5.72. The lowest BCUT2D eigenvalue weighted by atomic mass is 9.85. The smallest absolute Gasteiger partial charge is 0.160 e. The molecule has 20 heavy (non-hydrogen) atoms. The molecule has 5 heteroatoms. The van der Waals surface area contributed by atoms with Crippen molar-refractivity contribution in [3.63, 3.8) is 0 Å². The van der Waals surface area contributed by atoms with E-state index in [0.717, 1.165) is 11.5 Å². The Balaban J connectivity index is 2.29. The van der Waals surface area contributed by atoms with Gasteiger partial charge in [0.25, 0.3) is 0 Å². The molecule has 1 aromatic rings. The zero-order valence-corrected chi connectivity index (χ0v) is 12.7. The van der Waals surface area contributed by atoms with Gasteiger partial charge in [0.2, 0.25) is 0 Å². The van der Waals surface area contributed by atoms with Crippen LogP contribution < -0.4 is 11.3 Å². The molecule has 0 bridgehead atoms. The van der Waals surface area contributed by atoms with Crippen molar-refractivity contribution < 1.29 is 4.74 Å². The van der Waals surface area contributed by atoms with Crippen molar-refractivity contribution in [1.29, 1.82) is 0 Å². The van der Waals surface area contributed by atoms with Crippen LogP contribution in [0, 0.1) is 5.92 Å². The van der Waals surface area contributed by atoms with Crippen LogP contribution in [0.2, 0.25) is 0 Å². The summed E-state index contributed by atoms with van der Waals surface area (Å²) in [7, 11) is 1.75. The molecule has 0 aromatic carbocycles. The summed E-state index contributed by atoms with van der Waals surface area (Å²) in [6, 6.07) is 1.90. The molecular weight excluding hydrogens is 252 g/mol. The van der Waals surface area contributed by atoms with E-state index in [2.05, 4.69) is 24.3 Å². The molecule has 0 radical (unpaired) electrons. The van der Waals surface area contributed by atoms with Crippen LogP contribution in [0.4, 0.5) is 5.82 Å². The Bertz CT molecular complexity index is 430. The summed E-state index contributed by atoms with van der Waals surface area (Å²) in [5.74, 6) is 7.81. The minimum absolute atomic E-state index is 0.0268. The number of methoxy groups -OCH3 is 1. The van der Waals surface area contributed by atoms with E-state index in [4.69, 9.17) is 15.6 Å². The molecule has 1 aliphatic carbocycles. The summed E-state index contributed by atoms with van der Waals surface area (Å²) < 4.78 is 5.72. The van der Waals surface area contributed by atoms with Gasteiger partial charge in [0, 0.05) is 18.9 Å². The number of nitrogens with one attached hydrogen (secondary N) is 1. The largest absolute Gasteiger partial charge is 0.373 e. The third-order valence-electron chi connectivity index (χ3n) is 4.09. The van der Waals surface area contributed by atoms with Crippen LogP contribution in [0.5, 0.6) is 0 Å². The molecule has 112 valence electrons. The number of hydrogen-bond donors (Lipinski definition) is 2. The SMILES string of the molecule is COC(c1nc(NN)cc(C(C)C)n1)C1CCCCC1. The maximum atomic E-state index is 5.72. The lowest BCUT2D eigenvalue weighted by Crippen LogP contribution is -2.22. The van der Waals surface area contributed by atoms with Crippen LogP contribution in [0.1, 0.15) is 69.5 Å². The number of rotatable bonds is 5. The van der Waals surface area contributed by atoms with Crippen LogP contribution in [0.25, 0.3) is 0 Å². The molecule has 1 atom stereocenters. The quantitative estimate of drug-likeness (QED) is 0.639. The van der Waals surface area contributed by atoms with Crippen molar-refractivity contribution >= 4 is 5.82 Å². The first-order valence-electron chi connectivity index (χ1n) is 7.54. The molecule has 3 N–H and O–H groups in total. The molecule has 1 aromatic heterocycles. The van der Waals surface area contributed by atoms with Crippen LogP contribution in [0.3, 0.4) is 0 Å². The molecule has 1 unspecified atom stereocenters. The summed E-state index contributed by atoms with van der Waals surface area (Å²) in [5.41, 5.74) is 3.64. The molecule has 0 spiro atoms. The predicted molar refractivity (Wildman–Crippen MR) is 80.3 cm³/mol. The van der Waals surface area contributed by atoms with Gasteiger partial charge >= 0.3 is 0 Å². The van der Waals surface area contributed by atoms with Crippen molar-refractivity contribution in [3.8, 4) is 0 Å². The number of anilines is 1. The lowest BCUT2D eigenvalue weighted by Gasteiger charge is -2.28. The van der Waals surface area contributed by atoms with Gasteiger partial charge < -0.3 is 10.2 Å². The third kappa shape index (κ3) is 3.46. The molecule has 0 saturated heterocycles. The van der Waals surface area contributed by atoms with E-state index in [1.807, 2.05) is 6.07 Å². The zero-order chi connectivity index (χ0) is 14.5. The lowest BCUT2D eigenvalue weighted by molar-refractivity contribution is 0.0288. The van der Waals surface area contributed by atoms with Gasteiger partial charge in [-0.25, -0.2) is 15.8 Å². The van der Waals surface area contributed by atoms with Gasteiger partial charge in [0.05, 0.1) is 0 Å². The minimum atomic E-state index is -0.0268. The highest BCUT2D eigenvalue weighted by atomic mass is 16.5. The number of aromatic nitrogens is 2. The normalized spacial score (nSPS) is 18.2. The second-order valence-corrected chi connectivity index (χ2v) is 5.89. The second-order valence-electron chi connectivity index (χ2n) is 5.89. The topological polar surface area (TPSA) is 73.1 Å². The van der Waals surface area contributed by atoms with E-state index in [-0.39, 0.29) is 6.10 Å². The number of hydrogen-bond acceptors (Lipinski definition) is 5. The Morgan fingerprint density at radius 2 is 1.95 bits per heavy atom. The van der Waals surface area contributed by atoms with E-state index in [1.54, 1.807) is 7.11 Å². The van der Waals surface area contributed by atoms with Crippen molar-refractivity contribution in [2.24, 2.45) is 11.8 Å². The monoisotopic (exact) mass is 278 g/mol. The fraction of sp³-hybridized carbons (Fsp3) is 0.733. The molecule has 1 aliphatic rings. The van der Waals surface area contributed by atoms with Crippen LogP contribution in [-0.4, -0.2) is 17.1 Å². The van der Waals surface area contributed by atoms with E-state index >= 15 is 0 Å². The summed E-state index contributed by atoms with van der Waals surface area (Å²) in [4.78, 5) is 9.20. The fourth-order valence-electron chi connectivity index (χ4n) is 2.93. The van der Waals surface area contributed by atoms with Crippen molar-refractivity contribution in [1.82, 2.24) is 9.97 Å². The van der Waals surface area contributed by atoms with Gasteiger partial charge in [-0.05, 0) is 24.7 Å².